The van der Waals surface area contributed by atoms with E-state index < -0.39 is 66.2 Å². The van der Waals surface area contributed by atoms with Gasteiger partial charge in [-0.05, 0) is 6.07 Å². The fourth-order valence-electron chi connectivity index (χ4n) is 2.40. The van der Waals surface area contributed by atoms with E-state index in [1.54, 1.807) is 0 Å². The Bertz CT molecular complexity index is 1050. The molecule has 1 fully saturated rings. The van der Waals surface area contributed by atoms with Crippen LogP contribution in [-0.4, -0.2) is 50.6 Å². The Labute approximate surface area is 177 Å². The molecular weight excluding hydrogens is 507 g/mol. The van der Waals surface area contributed by atoms with Gasteiger partial charge in [0, 0.05) is 13.1 Å². The van der Waals surface area contributed by atoms with Gasteiger partial charge in [-0.15, -0.1) is 0 Å². The average Bonchev–Trinajstić information content (AvgIpc) is 2.85. The zero-order valence-corrected chi connectivity index (χ0v) is 18.3. The first-order chi connectivity index (χ1) is 14.5. The smallest absolute Gasteiger partial charge is 0.351 e. The van der Waals surface area contributed by atoms with Gasteiger partial charge in [0.15, 0.2) is 6.23 Å². The van der Waals surface area contributed by atoms with Crippen LogP contribution in [0.3, 0.4) is 0 Å². The summed E-state index contributed by atoms with van der Waals surface area (Å²) in [5.41, 5.74) is -1.03. The topological polar surface area (TPSA) is 285 Å². The monoisotopic (exact) mass is 521 g/mol. The molecular formula is C11H14N3O15P3-4. The van der Waals surface area contributed by atoms with Crippen LogP contribution in [0, 0.1) is 0 Å². The summed E-state index contributed by atoms with van der Waals surface area (Å²) >= 11 is 0. The minimum absolute atomic E-state index is 0.124. The largest absolute Gasteiger partial charge is 0.790 e. The second-order valence-corrected chi connectivity index (χ2v) is 10.3. The number of anilines is 1. The Morgan fingerprint density at radius 3 is 2.34 bits per heavy atom. The normalized spacial score (nSPS) is 27.5. The van der Waals surface area contributed by atoms with Gasteiger partial charge in [0.25, 0.3) is 15.6 Å². The van der Waals surface area contributed by atoms with Crippen molar-refractivity contribution in [3.05, 3.63) is 22.7 Å². The Balaban J connectivity index is 2.07. The fourth-order valence-corrected chi connectivity index (χ4v) is 5.27. The molecule has 1 aliphatic rings. The van der Waals surface area contributed by atoms with Crippen molar-refractivity contribution in [2.45, 2.75) is 31.5 Å². The summed E-state index contributed by atoms with van der Waals surface area (Å²) in [7, 11) is -18.2. The summed E-state index contributed by atoms with van der Waals surface area (Å²) in [5, 5.41) is 22.3. The third kappa shape index (κ3) is 7.60. The molecule has 1 aromatic heterocycles. The molecule has 18 nitrogen and oxygen atoms in total. The van der Waals surface area contributed by atoms with E-state index in [-0.39, 0.29) is 5.82 Å². The van der Waals surface area contributed by atoms with Gasteiger partial charge < -0.3 is 48.9 Å². The molecule has 182 valence electrons. The quantitative estimate of drug-likeness (QED) is 0.259. The van der Waals surface area contributed by atoms with Gasteiger partial charge in [0.05, 0.1) is 14.4 Å². The predicted octanol–water partition coefficient (Wildman–Crippen LogP) is -4.36. The predicted molar refractivity (Wildman–Crippen MR) is 89.7 cm³/mol. The zero-order valence-electron chi connectivity index (χ0n) is 15.6. The van der Waals surface area contributed by atoms with E-state index in [2.05, 4.69) is 23.4 Å². The summed E-state index contributed by atoms with van der Waals surface area (Å²) < 4.78 is 49.3. The average molecular weight is 521 g/mol. The molecule has 0 radical (unpaired) electrons. The number of aliphatic hydroxyl groups excluding tert-OH is 2. The number of phosphoric ester groups is 1. The summed E-state index contributed by atoms with van der Waals surface area (Å²) in [6.45, 7) is -0.0115. The SMILES string of the molecule is CC(=O)Nc1ccn([C@@H]2O[C@H](COP(=O)([O-])OP(=O)([O-])OP(=O)([O-])[O-])[C@H](O)C2O)c(=O)n1. The van der Waals surface area contributed by atoms with Crippen LogP contribution in [0.1, 0.15) is 13.2 Å². The third-order valence-electron chi connectivity index (χ3n) is 3.54. The van der Waals surface area contributed by atoms with Gasteiger partial charge in [0.1, 0.15) is 24.1 Å². The lowest BCUT2D eigenvalue weighted by atomic mass is 10.1. The molecule has 6 atom stereocenters. The standard InChI is InChI=1S/C11H18N3O15P3/c1-5(15)12-7-2-3-14(11(18)13-7)10-9(17)8(16)6(27-10)4-26-31(22,23)29-32(24,25)28-30(19,20)21/h2-3,6,8-10,16-17H,4H2,1H3,(H,22,23)(H,24,25)(H2,19,20,21)(H,12,13,15,18)/p-4/t6-,8+,9?,10-/m1/s1. The Kier molecular flexibility index (Phi) is 8.29. The van der Waals surface area contributed by atoms with Crippen molar-refractivity contribution < 1.29 is 66.2 Å². The van der Waals surface area contributed by atoms with Crippen molar-refractivity contribution in [2.24, 2.45) is 0 Å². The van der Waals surface area contributed by atoms with Gasteiger partial charge in [0.2, 0.25) is 5.91 Å². The Hall–Kier alpha value is -1.36. The number of hydrogen-bond donors (Lipinski definition) is 3. The molecule has 0 saturated carbocycles. The minimum atomic E-state index is -6.18. The van der Waals surface area contributed by atoms with E-state index in [9.17, 15) is 53.1 Å². The number of aromatic nitrogens is 2. The number of nitrogens with one attached hydrogen (secondary N) is 1. The van der Waals surface area contributed by atoms with Gasteiger partial charge >= 0.3 is 5.69 Å². The molecule has 3 N–H and O–H groups in total. The number of rotatable bonds is 9. The number of aliphatic hydroxyl groups is 2. The molecule has 0 bridgehead atoms. The molecule has 1 aliphatic heterocycles. The lowest BCUT2D eigenvalue weighted by Crippen LogP contribution is -2.36. The number of carbonyl (C=O) groups is 1. The summed E-state index contributed by atoms with van der Waals surface area (Å²) in [6, 6.07) is 1.16. The van der Waals surface area contributed by atoms with E-state index in [0.29, 0.717) is 4.57 Å². The maximum absolute atomic E-state index is 12.1. The second kappa shape index (κ2) is 9.87. The molecule has 3 unspecified atom stereocenters. The molecule has 1 aromatic rings. The molecule has 1 saturated heterocycles. The van der Waals surface area contributed by atoms with Crippen molar-refractivity contribution in [2.75, 3.05) is 11.9 Å². The van der Waals surface area contributed by atoms with Crippen LogP contribution >= 0.6 is 23.5 Å². The minimum Gasteiger partial charge on any atom is -0.790 e. The third-order valence-corrected chi connectivity index (χ3v) is 7.21. The van der Waals surface area contributed by atoms with E-state index >= 15 is 0 Å². The highest BCUT2D eigenvalue weighted by molar-refractivity contribution is 7.64. The lowest BCUT2D eigenvalue weighted by molar-refractivity contribution is -0.339. The van der Waals surface area contributed by atoms with Crippen LogP contribution in [0.4, 0.5) is 5.82 Å². The van der Waals surface area contributed by atoms with Crippen LogP contribution < -0.4 is 30.6 Å². The maximum Gasteiger partial charge on any atom is 0.351 e. The number of ether oxygens (including phenoxy) is 1. The van der Waals surface area contributed by atoms with E-state index in [1.807, 2.05) is 0 Å². The zero-order chi connectivity index (χ0) is 24.5. The fraction of sp³-hybridized carbons (Fsp3) is 0.545. The van der Waals surface area contributed by atoms with Crippen molar-refractivity contribution in [3.8, 4) is 0 Å². The Morgan fingerprint density at radius 2 is 1.81 bits per heavy atom. The summed E-state index contributed by atoms with van der Waals surface area (Å²) in [4.78, 5) is 69.8. The lowest BCUT2D eigenvalue weighted by Gasteiger charge is -2.37. The molecule has 2 rings (SSSR count). The highest BCUT2D eigenvalue weighted by Gasteiger charge is 2.44. The number of carbonyl (C=O) groups excluding carboxylic acids is 1. The first kappa shape index (κ1) is 26.9. The Morgan fingerprint density at radius 1 is 1.19 bits per heavy atom. The van der Waals surface area contributed by atoms with Crippen LogP contribution in [-0.2, 0) is 36.4 Å². The number of hydrogen-bond acceptors (Lipinski definition) is 16. The van der Waals surface area contributed by atoms with E-state index in [4.69, 9.17) is 4.74 Å². The van der Waals surface area contributed by atoms with Gasteiger partial charge in [-0.3, -0.25) is 22.8 Å². The van der Waals surface area contributed by atoms with Gasteiger partial charge in [-0.25, -0.2) is 9.11 Å². The van der Waals surface area contributed by atoms with E-state index in [0.717, 1.165) is 19.2 Å². The van der Waals surface area contributed by atoms with Crippen LogP contribution in [0.5, 0.6) is 0 Å². The number of amides is 1. The van der Waals surface area contributed by atoms with E-state index in [1.165, 1.54) is 0 Å². The van der Waals surface area contributed by atoms with Crippen LogP contribution in [0.15, 0.2) is 17.1 Å². The number of nitrogens with zero attached hydrogens (tertiary/aromatic N) is 2. The molecule has 32 heavy (non-hydrogen) atoms. The van der Waals surface area contributed by atoms with Crippen LogP contribution in [0.25, 0.3) is 0 Å². The first-order valence-corrected chi connectivity index (χ1v) is 12.5. The van der Waals surface area contributed by atoms with Crippen molar-refractivity contribution in [1.82, 2.24) is 9.55 Å². The molecule has 0 spiro atoms. The highest BCUT2D eigenvalue weighted by atomic mass is 31.3. The van der Waals surface area contributed by atoms with Gasteiger partial charge in [-0.2, -0.15) is 4.98 Å². The summed E-state index contributed by atoms with van der Waals surface area (Å²) in [6.07, 6.45) is -5.90. The first-order valence-electron chi connectivity index (χ1n) is 8.09. The highest BCUT2D eigenvalue weighted by Crippen LogP contribution is 2.60. The van der Waals surface area contributed by atoms with Crippen molar-refractivity contribution in [3.63, 3.8) is 0 Å². The second-order valence-electron chi connectivity index (χ2n) is 6.03. The van der Waals surface area contributed by atoms with Crippen molar-refractivity contribution >= 4 is 35.2 Å². The molecule has 0 aliphatic carbocycles. The van der Waals surface area contributed by atoms with Crippen LogP contribution in [0.2, 0.25) is 0 Å². The number of phosphoric acid groups is 3. The molecule has 2 heterocycles. The summed E-state index contributed by atoms with van der Waals surface area (Å²) in [5.74, 6) is -0.647. The van der Waals surface area contributed by atoms with Gasteiger partial charge in [-0.1, -0.05) is 0 Å². The van der Waals surface area contributed by atoms with Crippen molar-refractivity contribution in [1.29, 1.82) is 0 Å². The molecule has 0 aromatic carbocycles. The molecule has 1 amide bonds. The maximum atomic E-state index is 12.1. The molecule has 21 heteroatoms.